The lowest BCUT2D eigenvalue weighted by molar-refractivity contribution is -0.121. The molecular weight excluding hydrogens is 504 g/mol. The fraction of sp³-hybridized carbons (Fsp3) is 0.125. The van der Waals surface area contributed by atoms with Crippen LogP contribution in [0.3, 0.4) is 0 Å². The molecule has 2 aromatic carbocycles. The highest BCUT2D eigenvalue weighted by molar-refractivity contribution is 9.10. The third-order valence-electron chi connectivity index (χ3n) is 4.60. The van der Waals surface area contributed by atoms with Crippen molar-refractivity contribution in [2.75, 3.05) is 18.0 Å². The fourth-order valence-corrected chi connectivity index (χ4v) is 3.40. The van der Waals surface area contributed by atoms with Crippen LogP contribution in [0, 0.1) is 0 Å². The molecule has 3 N–H and O–H groups in total. The maximum Gasteiger partial charge on any atom is 0.407 e. The Morgan fingerprint density at radius 2 is 1.74 bits per heavy atom. The van der Waals surface area contributed by atoms with E-state index >= 15 is 0 Å². The lowest BCUT2D eigenvalue weighted by Crippen LogP contribution is -2.45. The summed E-state index contributed by atoms with van der Waals surface area (Å²) >= 11 is 3.32. The van der Waals surface area contributed by atoms with Crippen molar-refractivity contribution in [2.45, 2.75) is 6.61 Å². The van der Waals surface area contributed by atoms with Gasteiger partial charge in [0.15, 0.2) is 0 Å². The second-order valence-electron chi connectivity index (χ2n) is 7.07. The number of ketones is 1. The molecule has 3 amide bonds. The van der Waals surface area contributed by atoms with Crippen molar-refractivity contribution >= 4 is 45.3 Å². The molecule has 3 aromatic rings. The summed E-state index contributed by atoms with van der Waals surface area (Å²) in [5, 5.41) is 2.36. The molecule has 0 aliphatic carbocycles. The van der Waals surface area contributed by atoms with Crippen LogP contribution < -0.4 is 16.0 Å². The maximum absolute atomic E-state index is 13.1. The topological polar surface area (TPSA) is 132 Å². The first kappa shape index (κ1) is 24.6. The molecule has 34 heavy (non-hydrogen) atoms. The normalized spacial score (nSPS) is 10.3. The van der Waals surface area contributed by atoms with Gasteiger partial charge < -0.3 is 20.7 Å². The number of nitrogens with one attached hydrogen (secondary N) is 1. The zero-order valence-corrected chi connectivity index (χ0v) is 19.5. The highest BCUT2D eigenvalue weighted by Gasteiger charge is 2.25. The maximum atomic E-state index is 13.1. The zero-order chi connectivity index (χ0) is 24.5. The van der Waals surface area contributed by atoms with E-state index in [0.717, 1.165) is 10.5 Å². The second kappa shape index (κ2) is 11.7. The Kier molecular flexibility index (Phi) is 8.47. The van der Waals surface area contributed by atoms with E-state index in [2.05, 4.69) is 26.2 Å². The minimum Gasteiger partial charge on any atom is -0.445 e. The van der Waals surface area contributed by atoms with Crippen LogP contribution in [-0.2, 0) is 20.9 Å². The van der Waals surface area contributed by atoms with E-state index in [1.807, 2.05) is 18.2 Å². The number of amides is 3. The minimum absolute atomic E-state index is 0.0291. The number of aromatic nitrogens is 1. The summed E-state index contributed by atoms with van der Waals surface area (Å²) in [6.45, 7) is -0.945. The molecule has 0 radical (unpaired) electrons. The van der Waals surface area contributed by atoms with Crippen LogP contribution in [0.5, 0.6) is 0 Å². The largest absolute Gasteiger partial charge is 0.445 e. The Bertz CT molecular complexity index is 1190. The summed E-state index contributed by atoms with van der Waals surface area (Å²) in [7, 11) is 0. The van der Waals surface area contributed by atoms with Crippen molar-refractivity contribution in [3.8, 4) is 0 Å². The Morgan fingerprint density at radius 1 is 1.00 bits per heavy atom. The van der Waals surface area contributed by atoms with Crippen molar-refractivity contribution in [3.63, 3.8) is 0 Å². The number of primary amides is 1. The van der Waals surface area contributed by atoms with Crippen molar-refractivity contribution in [1.82, 2.24) is 10.3 Å². The third kappa shape index (κ3) is 6.72. The number of rotatable bonds is 9. The fourth-order valence-electron chi connectivity index (χ4n) is 3.04. The van der Waals surface area contributed by atoms with E-state index in [0.29, 0.717) is 4.47 Å². The van der Waals surface area contributed by atoms with Crippen molar-refractivity contribution in [2.24, 2.45) is 5.73 Å². The molecule has 0 spiro atoms. The predicted octanol–water partition coefficient (Wildman–Crippen LogP) is 2.82. The van der Waals surface area contributed by atoms with Crippen molar-refractivity contribution in [1.29, 1.82) is 0 Å². The van der Waals surface area contributed by atoms with E-state index in [9.17, 15) is 19.2 Å². The number of hydrogen-bond donors (Lipinski definition) is 2. The minimum atomic E-state index is -0.809. The molecule has 10 heteroatoms. The van der Waals surface area contributed by atoms with E-state index in [4.69, 9.17) is 10.5 Å². The number of hydrogen-bond acceptors (Lipinski definition) is 6. The molecule has 3 rings (SSSR count). The summed E-state index contributed by atoms with van der Waals surface area (Å²) in [5.41, 5.74) is 6.59. The Balaban J connectivity index is 1.77. The van der Waals surface area contributed by atoms with Crippen LogP contribution in [0.2, 0.25) is 0 Å². The SMILES string of the molecule is NC(=O)CN(C(=O)CNC(=O)OCc1ccccc1)c1ccc(Br)cc1C(=O)c1ccccn1. The predicted molar refractivity (Wildman–Crippen MR) is 128 cm³/mol. The molecule has 1 heterocycles. The average Bonchev–Trinajstić information content (AvgIpc) is 2.85. The molecular formula is C24H21BrN4O5. The molecule has 174 valence electrons. The van der Waals surface area contributed by atoms with Gasteiger partial charge >= 0.3 is 6.09 Å². The number of nitrogens with two attached hydrogens (primary N) is 1. The number of carbonyl (C=O) groups excluding carboxylic acids is 4. The van der Waals surface area contributed by atoms with Gasteiger partial charge in [0, 0.05) is 16.2 Å². The van der Waals surface area contributed by atoms with Crippen LogP contribution in [0.25, 0.3) is 0 Å². The van der Waals surface area contributed by atoms with Gasteiger partial charge in [-0.2, -0.15) is 0 Å². The molecule has 0 saturated carbocycles. The standard InChI is InChI=1S/C24H21BrN4O5/c25-17-9-10-20(18(12-17)23(32)19-8-4-5-11-27-19)29(14-21(26)30)22(31)13-28-24(33)34-15-16-6-2-1-3-7-16/h1-12H,13-15H2,(H2,26,30)(H,28,33). The number of ether oxygens (including phenoxy) is 1. The first-order chi connectivity index (χ1) is 16.3. The average molecular weight is 525 g/mol. The van der Waals surface area contributed by atoms with Crippen LogP contribution in [0.4, 0.5) is 10.5 Å². The van der Waals surface area contributed by atoms with E-state index in [1.165, 1.54) is 24.4 Å². The number of benzene rings is 2. The molecule has 0 aliphatic rings. The lowest BCUT2D eigenvalue weighted by Gasteiger charge is -2.24. The molecule has 0 saturated heterocycles. The Morgan fingerprint density at radius 3 is 2.41 bits per heavy atom. The quantitative estimate of drug-likeness (QED) is 0.413. The highest BCUT2D eigenvalue weighted by atomic mass is 79.9. The highest BCUT2D eigenvalue weighted by Crippen LogP contribution is 2.27. The number of alkyl carbamates (subject to hydrolysis) is 1. The number of pyridine rings is 1. The lowest BCUT2D eigenvalue weighted by atomic mass is 10.0. The second-order valence-corrected chi connectivity index (χ2v) is 7.98. The summed E-state index contributed by atoms with van der Waals surface area (Å²) in [5.74, 6) is -1.90. The van der Waals surface area contributed by atoms with Gasteiger partial charge in [-0.05, 0) is 35.9 Å². The monoisotopic (exact) mass is 524 g/mol. The Labute approximate surface area is 204 Å². The van der Waals surface area contributed by atoms with Gasteiger partial charge in [-0.1, -0.05) is 52.3 Å². The molecule has 0 fully saturated rings. The van der Waals surface area contributed by atoms with Crippen molar-refractivity contribution < 1.29 is 23.9 Å². The first-order valence-electron chi connectivity index (χ1n) is 10.1. The summed E-state index contributed by atoms with van der Waals surface area (Å²) in [6.07, 6.45) is 0.666. The van der Waals surface area contributed by atoms with E-state index in [1.54, 1.807) is 30.3 Å². The smallest absolute Gasteiger partial charge is 0.407 e. The number of halogens is 1. The van der Waals surface area contributed by atoms with Gasteiger partial charge in [-0.3, -0.25) is 19.4 Å². The van der Waals surface area contributed by atoms with E-state index < -0.39 is 36.8 Å². The molecule has 1 aromatic heterocycles. The van der Waals surface area contributed by atoms with Gasteiger partial charge in [-0.15, -0.1) is 0 Å². The Hall–Kier alpha value is -4.05. The van der Waals surface area contributed by atoms with Crippen LogP contribution in [0.1, 0.15) is 21.6 Å². The van der Waals surface area contributed by atoms with Crippen LogP contribution in [-0.4, -0.2) is 41.8 Å². The molecule has 0 unspecified atom stereocenters. The van der Waals surface area contributed by atoms with Gasteiger partial charge in [-0.25, -0.2) is 4.79 Å². The van der Waals surface area contributed by atoms with Gasteiger partial charge in [0.1, 0.15) is 25.4 Å². The molecule has 0 atom stereocenters. The number of nitrogens with zero attached hydrogens (tertiary/aromatic N) is 2. The molecule has 0 bridgehead atoms. The van der Waals surface area contributed by atoms with Crippen LogP contribution in [0.15, 0.2) is 77.4 Å². The number of anilines is 1. The summed E-state index contributed by atoms with van der Waals surface area (Å²) in [4.78, 5) is 54.9. The zero-order valence-electron chi connectivity index (χ0n) is 17.9. The summed E-state index contributed by atoms with van der Waals surface area (Å²) < 4.78 is 5.69. The van der Waals surface area contributed by atoms with E-state index in [-0.39, 0.29) is 23.6 Å². The number of carbonyl (C=O) groups is 4. The first-order valence-corrected chi connectivity index (χ1v) is 10.9. The third-order valence-corrected chi connectivity index (χ3v) is 5.10. The molecule has 9 nitrogen and oxygen atoms in total. The van der Waals surface area contributed by atoms with Gasteiger partial charge in [0.2, 0.25) is 17.6 Å². The molecule has 0 aliphatic heterocycles. The van der Waals surface area contributed by atoms with Gasteiger partial charge in [0.05, 0.1) is 5.69 Å². The van der Waals surface area contributed by atoms with Crippen molar-refractivity contribution in [3.05, 3.63) is 94.2 Å². The summed E-state index contributed by atoms with van der Waals surface area (Å²) in [6, 6.07) is 18.6. The van der Waals surface area contributed by atoms with Gasteiger partial charge in [0.25, 0.3) is 0 Å². The van der Waals surface area contributed by atoms with Crippen LogP contribution >= 0.6 is 15.9 Å².